The molecule has 0 aliphatic rings. The van der Waals surface area contributed by atoms with Crippen LogP contribution >= 0.6 is 15.9 Å². The van der Waals surface area contributed by atoms with Crippen LogP contribution in [0.3, 0.4) is 0 Å². The maximum atomic E-state index is 13.9. The molecule has 2 aromatic carbocycles. The first-order valence-electron chi connectivity index (χ1n) is 6.74. The predicted molar refractivity (Wildman–Crippen MR) is 85.1 cm³/mol. The Bertz CT molecular complexity index is 866. The van der Waals surface area contributed by atoms with E-state index in [1.807, 2.05) is 31.2 Å². The van der Waals surface area contributed by atoms with E-state index in [9.17, 15) is 9.18 Å². The summed E-state index contributed by atoms with van der Waals surface area (Å²) in [6.45, 7) is 2.74. The summed E-state index contributed by atoms with van der Waals surface area (Å²) in [4.78, 5) is 12.5. The molecule has 108 valence electrons. The minimum atomic E-state index is -0.307. The number of nitrogens with zero attached hydrogens (tertiary/aromatic N) is 2. The highest BCUT2D eigenvalue weighted by Crippen LogP contribution is 2.19. The summed E-state index contributed by atoms with van der Waals surface area (Å²) in [6.07, 6.45) is 0. The molecule has 1 heterocycles. The van der Waals surface area contributed by atoms with Crippen LogP contribution in [-0.4, -0.2) is 9.13 Å². The third-order valence-corrected chi connectivity index (χ3v) is 4.07. The first-order chi connectivity index (χ1) is 10.1. The van der Waals surface area contributed by atoms with Crippen LogP contribution in [0.5, 0.6) is 0 Å². The van der Waals surface area contributed by atoms with Crippen molar-refractivity contribution < 1.29 is 4.39 Å². The van der Waals surface area contributed by atoms with Gasteiger partial charge in [0.25, 0.3) is 0 Å². The number of aromatic nitrogens is 2. The molecule has 21 heavy (non-hydrogen) atoms. The lowest BCUT2D eigenvalue weighted by atomic mass is 10.2. The lowest BCUT2D eigenvalue weighted by molar-refractivity contribution is 0.594. The number of rotatable bonds is 3. The molecule has 0 saturated heterocycles. The molecule has 0 amide bonds. The summed E-state index contributed by atoms with van der Waals surface area (Å²) >= 11 is 3.34. The van der Waals surface area contributed by atoms with E-state index in [4.69, 9.17) is 0 Å². The average Bonchev–Trinajstić information content (AvgIpc) is 2.75. The Morgan fingerprint density at radius 1 is 1.10 bits per heavy atom. The summed E-state index contributed by atoms with van der Waals surface area (Å²) in [7, 11) is 0. The standard InChI is InChI=1S/C16H14BrFN2O/c1-2-19-14-5-3-4-6-15(14)20(16(19)21)10-11-9-12(17)7-8-13(11)18/h3-9H,2,10H2,1H3. The Morgan fingerprint density at radius 3 is 2.43 bits per heavy atom. The number of para-hydroxylation sites is 2. The van der Waals surface area contributed by atoms with E-state index in [2.05, 4.69) is 15.9 Å². The van der Waals surface area contributed by atoms with Crippen LogP contribution < -0.4 is 5.69 Å². The monoisotopic (exact) mass is 348 g/mol. The predicted octanol–water partition coefficient (Wildman–Crippen LogP) is 3.77. The minimum Gasteiger partial charge on any atom is -0.292 e. The van der Waals surface area contributed by atoms with E-state index in [1.165, 1.54) is 6.07 Å². The van der Waals surface area contributed by atoms with Gasteiger partial charge in [0.15, 0.2) is 0 Å². The molecular formula is C16H14BrFN2O. The SMILES string of the molecule is CCn1c(=O)n(Cc2cc(Br)ccc2F)c2ccccc21. The minimum absolute atomic E-state index is 0.113. The fourth-order valence-electron chi connectivity index (χ4n) is 2.57. The number of hydrogen-bond donors (Lipinski definition) is 0. The summed E-state index contributed by atoms with van der Waals surface area (Å²) in [5.41, 5.74) is 2.08. The van der Waals surface area contributed by atoms with Gasteiger partial charge in [-0.1, -0.05) is 28.1 Å². The van der Waals surface area contributed by atoms with Crippen molar-refractivity contribution in [2.45, 2.75) is 20.0 Å². The Labute approximate surface area is 129 Å². The molecule has 0 spiro atoms. The molecule has 0 saturated carbocycles. The van der Waals surface area contributed by atoms with Gasteiger partial charge in [0.2, 0.25) is 0 Å². The zero-order valence-electron chi connectivity index (χ0n) is 11.5. The van der Waals surface area contributed by atoms with Crippen LogP contribution in [0.25, 0.3) is 11.0 Å². The number of imidazole rings is 1. The maximum Gasteiger partial charge on any atom is 0.329 e. The molecule has 0 radical (unpaired) electrons. The molecule has 0 aliphatic heterocycles. The Kier molecular flexibility index (Phi) is 3.68. The molecule has 1 aromatic heterocycles. The average molecular weight is 349 g/mol. The lowest BCUT2D eigenvalue weighted by Crippen LogP contribution is -2.24. The van der Waals surface area contributed by atoms with E-state index in [0.29, 0.717) is 12.1 Å². The van der Waals surface area contributed by atoms with Crippen LogP contribution in [0, 0.1) is 5.82 Å². The van der Waals surface area contributed by atoms with Gasteiger partial charge in [-0.25, -0.2) is 9.18 Å². The molecule has 0 bridgehead atoms. The van der Waals surface area contributed by atoms with E-state index in [1.54, 1.807) is 21.3 Å². The van der Waals surface area contributed by atoms with Crippen molar-refractivity contribution in [3.8, 4) is 0 Å². The molecule has 0 fully saturated rings. The number of fused-ring (bicyclic) bond motifs is 1. The van der Waals surface area contributed by atoms with Gasteiger partial charge < -0.3 is 0 Å². The third kappa shape index (κ3) is 2.42. The quantitative estimate of drug-likeness (QED) is 0.707. The molecule has 0 unspecified atom stereocenters. The second-order valence-electron chi connectivity index (χ2n) is 4.84. The van der Waals surface area contributed by atoms with Crippen LogP contribution in [0.15, 0.2) is 51.7 Å². The van der Waals surface area contributed by atoms with Crippen molar-refractivity contribution in [1.29, 1.82) is 0 Å². The van der Waals surface area contributed by atoms with E-state index in [0.717, 1.165) is 15.5 Å². The Balaban J connectivity index is 2.19. The Morgan fingerprint density at radius 2 is 1.76 bits per heavy atom. The Hall–Kier alpha value is -1.88. The smallest absolute Gasteiger partial charge is 0.292 e. The summed E-state index contributed by atoms with van der Waals surface area (Å²) in [6, 6.07) is 12.3. The van der Waals surface area contributed by atoms with Gasteiger partial charge in [-0.2, -0.15) is 0 Å². The van der Waals surface area contributed by atoms with Crippen LogP contribution in [0.1, 0.15) is 12.5 Å². The number of benzene rings is 2. The second-order valence-corrected chi connectivity index (χ2v) is 5.75. The highest BCUT2D eigenvalue weighted by Gasteiger charge is 2.13. The molecular weight excluding hydrogens is 335 g/mol. The summed E-state index contributed by atoms with van der Waals surface area (Å²) in [5.74, 6) is -0.307. The first-order valence-corrected chi connectivity index (χ1v) is 7.53. The van der Waals surface area contributed by atoms with Crippen molar-refractivity contribution in [2.24, 2.45) is 0 Å². The number of aryl methyl sites for hydroxylation is 1. The molecule has 5 heteroatoms. The molecule has 0 N–H and O–H groups in total. The maximum absolute atomic E-state index is 13.9. The highest BCUT2D eigenvalue weighted by atomic mass is 79.9. The molecule has 0 atom stereocenters. The zero-order valence-corrected chi connectivity index (χ0v) is 13.1. The topological polar surface area (TPSA) is 26.9 Å². The van der Waals surface area contributed by atoms with Crippen molar-refractivity contribution >= 4 is 27.0 Å². The van der Waals surface area contributed by atoms with Crippen molar-refractivity contribution in [3.05, 3.63) is 68.8 Å². The van der Waals surface area contributed by atoms with Gasteiger partial charge >= 0.3 is 5.69 Å². The largest absolute Gasteiger partial charge is 0.329 e. The van der Waals surface area contributed by atoms with Crippen LogP contribution in [-0.2, 0) is 13.1 Å². The first kappa shape index (κ1) is 14.1. The van der Waals surface area contributed by atoms with Crippen LogP contribution in [0.4, 0.5) is 4.39 Å². The molecule has 3 aromatic rings. The summed E-state index contributed by atoms with van der Waals surface area (Å²) < 4.78 is 18.0. The van der Waals surface area contributed by atoms with Gasteiger partial charge in [0.05, 0.1) is 17.6 Å². The van der Waals surface area contributed by atoms with Gasteiger partial charge in [0, 0.05) is 16.6 Å². The van der Waals surface area contributed by atoms with E-state index in [-0.39, 0.29) is 18.1 Å². The molecule has 0 aliphatic carbocycles. The van der Waals surface area contributed by atoms with E-state index < -0.39 is 0 Å². The fourth-order valence-corrected chi connectivity index (χ4v) is 2.97. The van der Waals surface area contributed by atoms with Gasteiger partial charge in [-0.3, -0.25) is 9.13 Å². The normalized spacial score (nSPS) is 11.2. The second kappa shape index (κ2) is 5.48. The zero-order chi connectivity index (χ0) is 15.0. The highest BCUT2D eigenvalue weighted by molar-refractivity contribution is 9.10. The van der Waals surface area contributed by atoms with Crippen molar-refractivity contribution in [3.63, 3.8) is 0 Å². The van der Waals surface area contributed by atoms with Crippen LogP contribution in [0.2, 0.25) is 0 Å². The van der Waals surface area contributed by atoms with Gasteiger partial charge in [-0.15, -0.1) is 0 Å². The number of halogens is 2. The summed E-state index contributed by atoms with van der Waals surface area (Å²) in [5, 5.41) is 0. The fraction of sp³-hybridized carbons (Fsp3) is 0.188. The van der Waals surface area contributed by atoms with Gasteiger partial charge in [-0.05, 0) is 37.3 Å². The van der Waals surface area contributed by atoms with Gasteiger partial charge in [0.1, 0.15) is 5.82 Å². The third-order valence-electron chi connectivity index (χ3n) is 3.58. The molecule has 3 nitrogen and oxygen atoms in total. The number of hydrogen-bond acceptors (Lipinski definition) is 1. The molecule has 3 rings (SSSR count). The van der Waals surface area contributed by atoms with Crippen molar-refractivity contribution in [2.75, 3.05) is 0 Å². The lowest BCUT2D eigenvalue weighted by Gasteiger charge is -2.06. The van der Waals surface area contributed by atoms with E-state index >= 15 is 0 Å². The van der Waals surface area contributed by atoms with Crippen molar-refractivity contribution in [1.82, 2.24) is 9.13 Å².